The van der Waals surface area contributed by atoms with Crippen molar-refractivity contribution in [3.8, 4) is 0 Å². The molecule has 1 aromatic heterocycles. The van der Waals surface area contributed by atoms with E-state index in [0.29, 0.717) is 25.9 Å². The Morgan fingerprint density at radius 2 is 1.78 bits per heavy atom. The lowest BCUT2D eigenvalue weighted by Gasteiger charge is -2.31. The van der Waals surface area contributed by atoms with Gasteiger partial charge in [-0.05, 0) is 12.8 Å². The molecular formula is C13H20N4O5S. The molecule has 1 amide bonds. The molecule has 1 N–H and O–H groups in total. The number of piperidine rings is 1. The molecule has 1 saturated heterocycles. The van der Waals surface area contributed by atoms with Gasteiger partial charge in [0.15, 0.2) is 4.90 Å². The van der Waals surface area contributed by atoms with E-state index in [4.69, 9.17) is 0 Å². The van der Waals surface area contributed by atoms with Crippen LogP contribution >= 0.6 is 0 Å². The van der Waals surface area contributed by atoms with E-state index < -0.39 is 26.2 Å². The minimum atomic E-state index is -4.04. The number of hydrogen-bond donors (Lipinski definition) is 1. The van der Waals surface area contributed by atoms with E-state index in [1.54, 1.807) is 4.90 Å². The Hall–Kier alpha value is -1.94. The fraction of sp³-hybridized carbons (Fsp3) is 0.615. The molecule has 1 aliphatic heterocycles. The van der Waals surface area contributed by atoms with Crippen molar-refractivity contribution in [2.45, 2.75) is 30.7 Å². The smallest absolute Gasteiger partial charge is 0.330 e. The topological polar surface area (TPSA) is 110 Å². The first-order valence-electron chi connectivity index (χ1n) is 7.18. The van der Waals surface area contributed by atoms with Crippen molar-refractivity contribution in [1.29, 1.82) is 0 Å². The van der Waals surface area contributed by atoms with Gasteiger partial charge in [0, 0.05) is 46.3 Å². The predicted molar refractivity (Wildman–Crippen MR) is 82.5 cm³/mol. The number of carbonyl (C=O) groups is 1. The Kier molecular flexibility index (Phi) is 4.76. The molecule has 9 nitrogen and oxygen atoms in total. The highest BCUT2D eigenvalue weighted by atomic mass is 32.2. The Labute approximate surface area is 133 Å². The Balaban J connectivity index is 2.23. The zero-order valence-corrected chi connectivity index (χ0v) is 14.1. The molecule has 2 heterocycles. The van der Waals surface area contributed by atoms with Gasteiger partial charge in [0.1, 0.15) is 0 Å². The van der Waals surface area contributed by atoms with Gasteiger partial charge in [-0.2, -0.15) is 0 Å². The summed E-state index contributed by atoms with van der Waals surface area (Å²) in [6.45, 7) is 2.40. The summed E-state index contributed by atoms with van der Waals surface area (Å²) >= 11 is 0. The number of aryl methyl sites for hydroxylation is 1. The van der Waals surface area contributed by atoms with Gasteiger partial charge in [0.05, 0.1) is 0 Å². The van der Waals surface area contributed by atoms with Crippen molar-refractivity contribution in [3.63, 3.8) is 0 Å². The van der Waals surface area contributed by atoms with E-state index in [1.165, 1.54) is 21.0 Å². The standard InChI is InChI=1S/C13H20N4O5S/c1-9(18)17-6-4-10(5-7-17)14-23(21,22)11-8-15(2)13(20)16(3)12(11)19/h8,10,14H,4-7H2,1-3H3. The lowest BCUT2D eigenvalue weighted by atomic mass is 10.1. The molecule has 2 rings (SSSR count). The number of likely N-dealkylation sites (tertiary alicyclic amines) is 1. The second kappa shape index (κ2) is 6.28. The summed E-state index contributed by atoms with van der Waals surface area (Å²) in [5.74, 6) is -0.0433. The molecule has 1 aliphatic rings. The molecule has 128 valence electrons. The van der Waals surface area contributed by atoms with Crippen LogP contribution in [0.5, 0.6) is 0 Å². The van der Waals surface area contributed by atoms with Gasteiger partial charge >= 0.3 is 5.69 Å². The van der Waals surface area contributed by atoms with E-state index in [1.807, 2.05) is 0 Å². The summed E-state index contributed by atoms with van der Waals surface area (Å²) in [6.07, 6.45) is 1.98. The highest BCUT2D eigenvalue weighted by molar-refractivity contribution is 7.89. The van der Waals surface area contributed by atoms with E-state index in [9.17, 15) is 22.8 Å². The predicted octanol–water partition coefficient (Wildman–Crippen LogP) is -1.63. The molecular weight excluding hydrogens is 324 g/mol. The van der Waals surface area contributed by atoms with Crippen molar-refractivity contribution in [3.05, 3.63) is 27.0 Å². The van der Waals surface area contributed by atoms with E-state index in [0.717, 1.165) is 15.3 Å². The van der Waals surface area contributed by atoms with Crippen molar-refractivity contribution >= 4 is 15.9 Å². The van der Waals surface area contributed by atoms with Crippen LogP contribution in [0.3, 0.4) is 0 Å². The summed E-state index contributed by atoms with van der Waals surface area (Å²) in [5.41, 5.74) is -1.45. The highest BCUT2D eigenvalue weighted by Gasteiger charge is 2.28. The summed E-state index contributed by atoms with van der Waals surface area (Å²) in [7, 11) is -1.42. The summed E-state index contributed by atoms with van der Waals surface area (Å²) < 4.78 is 29.2. The maximum atomic E-state index is 12.4. The van der Waals surface area contributed by atoms with Crippen LogP contribution in [-0.4, -0.2) is 47.5 Å². The molecule has 0 unspecified atom stereocenters. The molecule has 0 spiro atoms. The first-order valence-corrected chi connectivity index (χ1v) is 8.66. The zero-order valence-electron chi connectivity index (χ0n) is 13.3. The fourth-order valence-electron chi connectivity index (χ4n) is 2.55. The third-order valence-electron chi connectivity index (χ3n) is 3.97. The molecule has 0 radical (unpaired) electrons. The molecule has 0 aromatic carbocycles. The zero-order chi connectivity index (χ0) is 17.4. The molecule has 0 saturated carbocycles. The van der Waals surface area contributed by atoms with Crippen LogP contribution < -0.4 is 16.0 Å². The Morgan fingerprint density at radius 3 is 2.30 bits per heavy atom. The van der Waals surface area contributed by atoms with Crippen molar-refractivity contribution in [2.24, 2.45) is 14.1 Å². The number of nitrogens with zero attached hydrogens (tertiary/aromatic N) is 3. The van der Waals surface area contributed by atoms with E-state index >= 15 is 0 Å². The largest absolute Gasteiger partial charge is 0.343 e. The average molecular weight is 344 g/mol. The Morgan fingerprint density at radius 1 is 1.22 bits per heavy atom. The number of rotatable bonds is 3. The van der Waals surface area contributed by atoms with Crippen LogP contribution in [0.2, 0.25) is 0 Å². The van der Waals surface area contributed by atoms with Gasteiger partial charge in [0.2, 0.25) is 15.9 Å². The minimum Gasteiger partial charge on any atom is -0.343 e. The molecule has 0 aliphatic carbocycles. The fourth-order valence-corrected chi connectivity index (χ4v) is 4.02. The lowest BCUT2D eigenvalue weighted by molar-refractivity contribution is -0.129. The SMILES string of the molecule is CC(=O)N1CCC(NS(=O)(=O)c2cn(C)c(=O)n(C)c2=O)CC1. The van der Waals surface area contributed by atoms with Gasteiger partial charge in [0.25, 0.3) is 5.56 Å². The number of sulfonamides is 1. The quantitative estimate of drug-likeness (QED) is 0.708. The van der Waals surface area contributed by atoms with E-state index in [2.05, 4.69) is 4.72 Å². The number of carbonyl (C=O) groups excluding carboxylic acids is 1. The van der Waals surface area contributed by atoms with Crippen LogP contribution in [0.4, 0.5) is 0 Å². The number of amides is 1. The summed E-state index contributed by atoms with van der Waals surface area (Å²) in [6, 6.07) is -0.349. The molecule has 1 aromatic rings. The van der Waals surface area contributed by atoms with Crippen LogP contribution in [0, 0.1) is 0 Å². The number of aromatic nitrogens is 2. The molecule has 10 heteroatoms. The van der Waals surface area contributed by atoms with Crippen LogP contribution in [-0.2, 0) is 28.9 Å². The normalized spacial score (nSPS) is 16.6. The molecule has 1 fully saturated rings. The van der Waals surface area contributed by atoms with Gasteiger partial charge in [-0.25, -0.2) is 17.9 Å². The van der Waals surface area contributed by atoms with Crippen molar-refractivity contribution in [2.75, 3.05) is 13.1 Å². The molecule has 0 atom stereocenters. The van der Waals surface area contributed by atoms with Gasteiger partial charge in [-0.3, -0.25) is 14.2 Å². The summed E-state index contributed by atoms with van der Waals surface area (Å²) in [4.78, 5) is 36.1. The maximum Gasteiger partial charge on any atom is 0.330 e. The van der Waals surface area contributed by atoms with Gasteiger partial charge < -0.3 is 9.47 Å². The second-order valence-corrected chi connectivity index (χ2v) is 7.34. The van der Waals surface area contributed by atoms with Crippen LogP contribution in [0.15, 0.2) is 20.7 Å². The third-order valence-corrected chi connectivity index (χ3v) is 5.47. The summed E-state index contributed by atoms with van der Waals surface area (Å²) in [5, 5.41) is 0. The first-order chi connectivity index (χ1) is 10.6. The lowest BCUT2D eigenvalue weighted by Crippen LogP contribution is -2.48. The number of hydrogen-bond acceptors (Lipinski definition) is 5. The molecule has 0 bridgehead atoms. The van der Waals surface area contributed by atoms with E-state index in [-0.39, 0.29) is 11.9 Å². The third kappa shape index (κ3) is 3.53. The van der Waals surface area contributed by atoms with Crippen molar-refractivity contribution < 1.29 is 13.2 Å². The average Bonchev–Trinajstić information content (AvgIpc) is 2.48. The second-order valence-electron chi connectivity index (χ2n) is 5.65. The van der Waals surface area contributed by atoms with Gasteiger partial charge in [-0.1, -0.05) is 0 Å². The van der Waals surface area contributed by atoms with Crippen molar-refractivity contribution in [1.82, 2.24) is 18.8 Å². The maximum absolute atomic E-state index is 12.4. The minimum absolute atomic E-state index is 0.0433. The van der Waals surface area contributed by atoms with Crippen LogP contribution in [0.25, 0.3) is 0 Å². The van der Waals surface area contributed by atoms with Crippen LogP contribution in [0.1, 0.15) is 19.8 Å². The molecule has 23 heavy (non-hydrogen) atoms. The Bertz CT molecular complexity index is 831. The van der Waals surface area contributed by atoms with Gasteiger partial charge in [-0.15, -0.1) is 0 Å². The highest BCUT2D eigenvalue weighted by Crippen LogP contribution is 2.13. The first kappa shape index (κ1) is 17.4. The monoisotopic (exact) mass is 344 g/mol. The number of nitrogens with one attached hydrogen (secondary N) is 1.